The van der Waals surface area contributed by atoms with Crippen LogP contribution in [0.5, 0.6) is 0 Å². The highest BCUT2D eigenvalue weighted by atomic mass is 32.3. The summed E-state index contributed by atoms with van der Waals surface area (Å²) in [4.78, 5) is 0. The lowest BCUT2D eigenvalue weighted by atomic mass is 10.2. The molecule has 0 amide bonds. The molecule has 0 rings (SSSR count). The summed E-state index contributed by atoms with van der Waals surface area (Å²) in [5.41, 5.74) is 0. The molecular formula is C4H12BS. The Morgan fingerprint density at radius 2 is 1.33 bits per heavy atom. The fraction of sp³-hybridized carbons (Fsp3) is 1.00. The molecule has 0 bridgehead atoms. The minimum absolute atomic E-state index is 0.287. The molecule has 0 aliphatic heterocycles. The summed E-state index contributed by atoms with van der Waals surface area (Å²) in [6.07, 6.45) is 6.81. The highest BCUT2D eigenvalue weighted by Crippen LogP contribution is 2.30. The normalized spacial score (nSPS) is 14.0. The van der Waals surface area contributed by atoms with E-state index >= 15 is 0 Å². The highest BCUT2D eigenvalue weighted by molar-refractivity contribution is 8.50. The van der Waals surface area contributed by atoms with E-state index in [1.165, 1.54) is 0 Å². The van der Waals surface area contributed by atoms with Gasteiger partial charge in [0.25, 0.3) is 0 Å². The summed E-state index contributed by atoms with van der Waals surface area (Å²) in [6, 6.07) is 0. The Bertz CT molecular complexity index is 37.3. The van der Waals surface area contributed by atoms with Crippen molar-refractivity contribution in [3.63, 3.8) is 0 Å². The topological polar surface area (TPSA) is 0 Å². The van der Waals surface area contributed by atoms with E-state index < -0.39 is 0 Å². The minimum Gasteiger partial charge on any atom is -0.284 e. The lowest BCUT2D eigenvalue weighted by Gasteiger charge is -2.20. The van der Waals surface area contributed by atoms with Crippen molar-refractivity contribution in [3.05, 3.63) is 0 Å². The maximum absolute atomic E-state index is 2.27. The molecule has 0 aromatic heterocycles. The molecule has 0 unspecified atom stereocenters. The van der Waals surface area contributed by atoms with Crippen LogP contribution >= 0.6 is 9.88 Å². The Kier molecular flexibility index (Phi) is 2.05. The molecule has 0 spiro atoms. The fourth-order valence-corrected chi connectivity index (χ4v) is 0. The molecule has 0 aliphatic rings. The van der Waals surface area contributed by atoms with Gasteiger partial charge in [-0.3, -0.25) is 9.88 Å². The van der Waals surface area contributed by atoms with E-state index in [0.717, 1.165) is 0 Å². The molecule has 0 fully saturated rings. The molecule has 0 aromatic carbocycles. The standard InChI is InChI=1S/C4H12BS/c1-5-6(2,3)4/h1-4H3. The quantitative estimate of drug-likeness (QED) is 0.439. The second kappa shape index (κ2) is 1.92. The first-order valence-electron chi connectivity index (χ1n) is 2.04. The van der Waals surface area contributed by atoms with E-state index in [2.05, 4.69) is 32.1 Å². The molecule has 0 saturated carbocycles. The molecular weight excluding hydrogens is 90.9 g/mol. The number of rotatable bonds is 1. The van der Waals surface area contributed by atoms with Crippen LogP contribution < -0.4 is 0 Å². The van der Waals surface area contributed by atoms with Gasteiger partial charge in [0.15, 0.2) is 6.56 Å². The number of hydrogen-bond acceptors (Lipinski definition) is 0. The van der Waals surface area contributed by atoms with Crippen molar-refractivity contribution in [1.29, 1.82) is 0 Å². The second-order valence-corrected chi connectivity index (χ2v) is 6.50. The van der Waals surface area contributed by atoms with Gasteiger partial charge in [-0.15, -0.1) is 0 Å². The van der Waals surface area contributed by atoms with Gasteiger partial charge in [-0.05, 0) is 18.8 Å². The van der Waals surface area contributed by atoms with Crippen molar-refractivity contribution in [2.45, 2.75) is 6.82 Å². The average Bonchev–Trinajstić information content (AvgIpc) is 1.35. The van der Waals surface area contributed by atoms with E-state index in [-0.39, 0.29) is 9.88 Å². The summed E-state index contributed by atoms with van der Waals surface area (Å²) in [6.45, 7) is 4.39. The van der Waals surface area contributed by atoms with Crippen molar-refractivity contribution in [3.8, 4) is 0 Å². The largest absolute Gasteiger partial charge is 0.284 e. The van der Waals surface area contributed by atoms with Gasteiger partial charge < -0.3 is 0 Å². The minimum atomic E-state index is -0.287. The lowest BCUT2D eigenvalue weighted by molar-refractivity contribution is 2.14. The first kappa shape index (κ1) is 6.41. The van der Waals surface area contributed by atoms with Crippen molar-refractivity contribution in [2.24, 2.45) is 0 Å². The Morgan fingerprint density at radius 3 is 1.33 bits per heavy atom. The van der Waals surface area contributed by atoms with Crippen LogP contribution in [0, 0.1) is 0 Å². The molecule has 0 nitrogen and oxygen atoms in total. The molecule has 0 saturated heterocycles. The van der Waals surface area contributed by atoms with Crippen molar-refractivity contribution >= 4 is 16.4 Å². The molecule has 0 atom stereocenters. The van der Waals surface area contributed by atoms with E-state index in [0.29, 0.717) is 0 Å². The average molecular weight is 103 g/mol. The Hall–Kier alpha value is 0.415. The van der Waals surface area contributed by atoms with Crippen LogP contribution in [-0.2, 0) is 0 Å². The summed E-state index contributed by atoms with van der Waals surface area (Å²) >= 11 is 0. The second-order valence-electron chi connectivity index (χ2n) is 2.17. The summed E-state index contributed by atoms with van der Waals surface area (Å²) < 4.78 is 0. The Labute approximate surface area is 42.8 Å². The maximum Gasteiger partial charge on any atom is 0.166 e. The predicted molar refractivity (Wildman–Crippen MR) is 37.0 cm³/mol. The highest BCUT2D eigenvalue weighted by Gasteiger charge is 1.97. The third-order valence-electron chi connectivity index (χ3n) is 0.707. The lowest BCUT2D eigenvalue weighted by Crippen LogP contribution is -1.96. The predicted octanol–water partition coefficient (Wildman–Crippen LogP) is 1.35. The SMILES string of the molecule is C[B]S(C)(C)C. The zero-order valence-corrected chi connectivity index (χ0v) is 5.80. The molecule has 2 heteroatoms. The monoisotopic (exact) mass is 103 g/mol. The maximum atomic E-state index is 2.27. The van der Waals surface area contributed by atoms with Gasteiger partial charge in [-0.25, -0.2) is 0 Å². The molecule has 37 valence electrons. The summed E-state index contributed by atoms with van der Waals surface area (Å²) in [5, 5.41) is 0. The van der Waals surface area contributed by atoms with Crippen molar-refractivity contribution in [1.82, 2.24) is 0 Å². The van der Waals surface area contributed by atoms with Gasteiger partial charge in [0.1, 0.15) is 0 Å². The summed E-state index contributed by atoms with van der Waals surface area (Å²) in [5.74, 6) is 0. The molecule has 0 aliphatic carbocycles. The van der Waals surface area contributed by atoms with Crippen LogP contribution in [0.25, 0.3) is 0 Å². The Morgan fingerprint density at radius 1 is 1.17 bits per heavy atom. The van der Waals surface area contributed by atoms with Crippen LogP contribution in [0.3, 0.4) is 0 Å². The van der Waals surface area contributed by atoms with Crippen LogP contribution in [0.1, 0.15) is 0 Å². The molecule has 0 aromatic rings. The summed E-state index contributed by atoms with van der Waals surface area (Å²) in [7, 11) is -0.287. The molecule has 1 radical (unpaired) electrons. The fourth-order valence-electron chi connectivity index (χ4n) is 0. The van der Waals surface area contributed by atoms with Gasteiger partial charge >= 0.3 is 0 Å². The third-order valence-corrected chi connectivity index (χ3v) is 2.12. The first-order valence-corrected chi connectivity index (χ1v) is 4.96. The van der Waals surface area contributed by atoms with Crippen LogP contribution in [0.15, 0.2) is 0 Å². The van der Waals surface area contributed by atoms with Crippen molar-refractivity contribution in [2.75, 3.05) is 18.8 Å². The van der Waals surface area contributed by atoms with Crippen LogP contribution in [0.2, 0.25) is 6.82 Å². The van der Waals surface area contributed by atoms with Gasteiger partial charge in [0, 0.05) is 0 Å². The van der Waals surface area contributed by atoms with Crippen molar-refractivity contribution < 1.29 is 0 Å². The Balaban J connectivity index is 3.17. The zero-order chi connectivity index (χ0) is 5.21. The number of hydrogen-bond donors (Lipinski definition) is 0. The van der Waals surface area contributed by atoms with Gasteiger partial charge in [0.2, 0.25) is 0 Å². The zero-order valence-electron chi connectivity index (χ0n) is 4.99. The van der Waals surface area contributed by atoms with Gasteiger partial charge in [-0.1, -0.05) is 6.82 Å². The van der Waals surface area contributed by atoms with Gasteiger partial charge in [0.05, 0.1) is 0 Å². The van der Waals surface area contributed by atoms with E-state index in [4.69, 9.17) is 0 Å². The molecule has 0 N–H and O–H groups in total. The van der Waals surface area contributed by atoms with E-state index in [1.807, 2.05) is 0 Å². The molecule has 0 heterocycles. The van der Waals surface area contributed by atoms with Crippen LogP contribution in [-0.4, -0.2) is 25.3 Å². The van der Waals surface area contributed by atoms with E-state index in [9.17, 15) is 0 Å². The molecule has 6 heavy (non-hydrogen) atoms. The van der Waals surface area contributed by atoms with E-state index in [1.54, 1.807) is 0 Å². The van der Waals surface area contributed by atoms with Gasteiger partial charge in [-0.2, -0.15) is 0 Å². The van der Waals surface area contributed by atoms with Crippen LogP contribution in [0.4, 0.5) is 0 Å². The smallest absolute Gasteiger partial charge is 0.166 e. The first-order chi connectivity index (χ1) is 2.56. The third kappa shape index (κ3) is 4.41.